The van der Waals surface area contributed by atoms with Crippen LogP contribution < -0.4 is 5.32 Å². The lowest BCUT2D eigenvalue weighted by Gasteiger charge is -2.29. The van der Waals surface area contributed by atoms with E-state index in [9.17, 15) is 4.39 Å². The van der Waals surface area contributed by atoms with Crippen molar-refractivity contribution in [2.45, 2.75) is 45.1 Å². The van der Waals surface area contributed by atoms with Gasteiger partial charge < -0.3 is 5.32 Å². The van der Waals surface area contributed by atoms with Gasteiger partial charge in [-0.2, -0.15) is 0 Å². The van der Waals surface area contributed by atoms with Crippen LogP contribution in [0.2, 0.25) is 0 Å². The Morgan fingerprint density at radius 3 is 2.81 bits per heavy atom. The van der Waals surface area contributed by atoms with Crippen LogP contribution in [0.1, 0.15) is 39.0 Å². The minimum atomic E-state index is -0.241. The molecule has 0 bridgehead atoms. The molecule has 0 radical (unpaired) electrons. The Labute approximate surface area is 123 Å². The molecule has 0 amide bonds. The molecule has 0 saturated heterocycles. The van der Waals surface area contributed by atoms with E-state index in [1.54, 1.807) is 12.1 Å². The van der Waals surface area contributed by atoms with Crippen molar-refractivity contribution in [3.63, 3.8) is 0 Å². The molecule has 1 aliphatic rings. The Morgan fingerprint density at radius 1 is 1.29 bits per heavy atom. The van der Waals surface area contributed by atoms with Gasteiger partial charge in [0.2, 0.25) is 0 Å². The SMILES string of the molecule is CC(Nc1cc(-n2cnnn2)ccc1F)C1CCCCC1. The molecule has 3 rings (SSSR count). The topological polar surface area (TPSA) is 55.6 Å². The van der Waals surface area contributed by atoms with Crippen LogP contribution in [0.15, 0.2) is 24.5 Å². The van der Waals surface area contributed by atoms with Crippen LogP contribution in [-0.4, -0.2) is 26.2 Å². The summed E-state index contributed by atoms with van der Waals surface area (Å²) in [5, 5.41) is 14.4. The molecule has 1 fully saturated rings. The summed E-state index contributed by atoms with van der Waals surface area (Å²) in [4.78, 5) is 0. The minimum absolute atomic E-state index is 0.241. The second-order valence-electron chi connectivity index (χ2n) is 5.75. The molecule has 1 saturated carbocycles. The van der Waals surface area contributed by atoms with Crippen molar-refractivity contribution in [2.75, 3.05) is 5.32 Å². The van der Waals surface area contributed by atoms with Gasteiger partial charge in [0.05, 0.1) is 11.4 Å². The van der Waals surface area contributed by atoms with E-state index in [0.717, 1.165) is 5.69 Å². The zero-order valence-corrected chi connectivity index (χ0v) is 12.2. The highest BCUT2D eigenvalue weighted by Gasteiger charge is 2.20. The lowest BCUT2D eigenvalue weighted by atomic mass is 9.84. The number of anilines is 1. The highest BCUT2D eigenvalue weighted by atomic mass is 19.1. The van der Waals surface area contributed by atoms with Crippen LogP contribution in [0.25, 0.3) is 5.69 Å². The van der Waals surface area contributed by atoms with Gasteiger partial charge in [-0.05, 0) is 54.3 Å². The van der Waals surface area contributed by atoms with E-state index in [-0.39, 0.29) is 11.9 Å². The fourth-order valence-corrected chi connectivity index (χ4v) is 3.04. The Balaban J connectivity index is 1.76. The second kappa shape index (κ2) is 6.20. The van der Waals surface area contributed by atoms with E-state index in [4.69, 9.17) is 0 Å². The van der Waals surface area contributed by atoms with Crippen LogP contribution in [0.4, 0.5) is 10.1 Å². The van der Waals surface area contributed by atoms with Crippen molar-refractivity contribution in [3.05, 3.63) is 30.3 Å². The summed E-state index contributed by atoms with van der Waals surface area (Å²) in [6, 6.07) is 5.14. The van der Waals surface area contributed by atoms with E-state index in [2.05, 4.69) is 27.8 Å². The number of benzene rings is 1. The van der Waals surface area contributed by atoms with Gasteiger partial charge in [0, 0.05) is 6.04 Å². The average Bonchev–Trinajstić information content (AvgIpc) is 3.04. The van der Waals surface area contributed by atoms with Crippen molar-refractivity contribution in [1.82, 2.24) is 20.2 Å². The van der Waals surface area contributed by atoms with Crippen LogP contribution in [-0.2, 0) is 0 Å². The molecule has 2 aromatic rings. The standard InChI is InChI=1S/C15H20FN5/c1-11(12-5-3-2-4-6-12)18-15-9-13(7-8-14(15)16)21-10-17-19-20-21/h7-12,18H,2-6H2,1H3. The molecule has 1 N–H and O–H groups in total. The molecule has 5 nitrogen and oxygen atoms in total. The molecular weight excluding hydrogens is 269 g/mol. The second-order valence-corrected chi connectivity index (χ2v) is 5.75. The van der Waals surface area contributed by atoms with Gasteiger partial charge in [0.25, 0.3) is 0 Å². The number of tetrazole rings is 1. The first-order valence-corrected chi connectivity index (χ1v) is 7.53. The summed E-state index contributed by atoms with van der Waals surface area (Å²) < 4.78 is 15.5. The third-order valence-corrected chi connectivity index (χ3v) is 4.30. The number of aromatic nitrogens is 4. The first-order chi connectivity index (χ1) is 10.2. The zero-order valence-electron chi connectivity index (χ0n) is 12.2. The van der Waals surface area contributed by atoms with Crippen molar-refractivity contribution in [1.29, 1.82) is 0 Å². The minimum Gasteiger partial charge on any atom is -0.380 e. The van der Waals surface area contributed by atoms with E-state index in [1.807, 2.05) is 0 Å². The van der Waals surface area contributed by atoms with Crippen LogP contribution in [0, 0.1) is 11.7 Å². The maximum atomic E-state index is 14.0. The molecule has 1 heterocycles. The molecule has 1 aliphatic carbocycles. The summed E-state index contributed by atoms with van der Waals surface area (Å²) in [5.74, 6) is 0.379. The van der Waals surface area contributed by atoms with Crippen molar-refractivity contribution < 1.29 is 4.39 Å². The smallest absolute Gasteiger partial charge is 0.146 e. The zero-order chi connectivity index (χ0) is 14.7. The summed E-state index contributed by atoms with van der Waals surface area (Å²) >= 11 is 0. The van der Waals surface area contributed by atoms with Gasteiger partial charge in [0.15, 0.2) is 0 Å². The molecule has 6 heteroatoms. The third kappa shape index (κ3) is 3.20. The quantitative estimate of drug-likeness (QED) is 0.939. The van der Waals surface area contributed by atoms with Crippen LogP contribution in [0.5, 0.6) is 0 Å². The Bertz CT molecular complexity index is 578. The lowest BCUT2D eigenvalue weighted by molar-refractivity contribution is 0.328. The summed E-state index contributed by atoms with van der Waals surface area (Å²) in [6.07, 6.45) is 7.84. The van der Waals surface area contributed by atoms with Crippen molar-refractivity contribution >= 4 is 5.69 Å². The van der Waals surface area contributed by atoms with Gasteiger partial charge in [-0.3, -0.25) is 0 Å². The highest BCUT2D eigenvalue weighted by Crippen LogP contribution is 2.29. The molecule has 0 aliphatic heterocycles. The van der Waals surface area contributed by atoms with E-state index in [0.29, 0.717) is 11.6 Å². The van der Waals surface area contributed by atoms with E-state index < -0.39 is 0 Å². The summed E-state index contributed by atoms with van der Waals surface area (Å²) in [6.45, 7) is 2.14. The predicted molar refractivity (Wildman–Crippen MR) is 78.8 cm³/mol. The number of nitrogens with zero attached hydrogens (tertiary/aromatic N) is 4. The van der Waals surface area contributed by atoms with Gasteiger partial charge >= 0.3 is 0 Å². The molecule has 1 unspecified atom stereocenters. The average molecular weight is 289 g/mol. The molecule has 1 atom stereocenters. The normalized spacial score (nSPS) is 17.6. The summed E-state index contributed by atoms with van der Waals surface area (Å²) in [5.41, 5.74) is 1.26. The van der Waals surface area contributed by atoms with E-state index in [1.165, 1.54) is 49.2 Å². The predicted octanol–water partition coefficient (Wildman–Crippen LogP) is 3.18. The molecule has 1 aromatic carbocycles. The van der Waals surface area contributed by atoms with Crippen molar-refractivity contribution in [2.24, 2.45) is 5.92 Å². The Morgan fingerprint density at radius 2 is 2.10 bits per heavy atom. The van der Waals surface area contributed by atoms with Gasteiger partial charge in [-0.15, -0.1) is 5.10 Å². The Hall–Kier alpha value is -1.98. The third-order valence-electron chi connectivity index (χ3n) is 4.30. The van der Waals surface area contributed by atoms with Gasteiger partial charge in [0.1, 0.15) is 12.1 Å². The van der Waals surface area contributed by atoms with Gasteiger partial charge in [-0.25, -0.2) is 9.07 Å². The first-order valence-electron chi connectivity index (χ1n) is 7.53. The fraction of sp³-hybridized carbons (Fsp3) is 0.533. The largest absolute Gasteiger partial charge is 0.380 e. The maximum Gasteiger partial charge on any atom is 0.146 e. The van der Waals surface area contributed by atoms with Crippen molar-refractivity contribution in [3.8, 4) is 5.69 Å². The maximum absolute atomic E-state index is 14.0. The number of rotatable bonds is 4. The van der Waals surface area contributed by atoms with Crippen LogP contribution >= 0.6 is 0 Å². The molecular formula is C15H20FN5. The molecule has 1 aromatic heterocycles. The number of halogens is 1. The highest BCUT2D eigenvalue weighted by molar-refractivity contribution is 5.52. The number of hydrogen-bond acceptors (Lipinski definition) is 4. The molecule has 0 spiro atoms. The first kappa shape index (κ1) is 14.0. The molecule has 21 heavy (non-hydrogen) atoms. The molecule has 112 valence electrons. The number of hydrogen-bond donors (Lipinski definition) is 1. The Kier molecular flexibility index (Phi) is 4.13. The number of nitrogens with one attached hydrogen (secondary N) is 1. The van der Waals surface area contributed by atoms with Gasteiger partial charge in [-0.1, -0.05) is 19.3 Å². The van der Waals surface area contributed by atoms with E-state index >= 15 is 0 Å². The summed E-state index contributed by atoms with van der Waals surface area (Å²) in [7, 11) is 0. The monoisotopic (exact) mass is 289 g/mol. The van der Waals surface area contributed by atoms with Crippen LogP contribution in [0.3, 0.4) is 0 Å². The fourth-order valence-electron chi connectivity index (χ4n) is 3.04. The lowest BCUT2D eigenvalue weighted by Crippen LogP contribution is -2.28.